The predicted molar refractivity (Wildman–Crippen MR) is 102 cm³/mol. The maximum atomic E-state index is 12.0. The number of rotatable bonds is 5. The second-order valence-corrected chi connectivity index (χ2v) is 6.91. The maximum Gasteiger partial charge on any atom is 0.248 e. The first-order chi connectivity index (χ1) is 12.5. The molecule has 0 aliphatic carbocycles. The van der Waals surface area contributed by atoms with Gasteiger partial charge in [-0.1, -0.05) is 12.6 Å². The van der Waals surface area contributed by atoms with E-state index in [0.29, 0.717) is 17.3 Å². The summed E-state index contributed by atoms with van der Waals surface area (Å²) in [4.78, 5) is 27.2. The zero-order chi connectivity index (χ0) is 18.5. The number of anilines is 2. The lowest BCUT2D eigenvalue weighted by atomic mass is 9.92. The Morgan fingerprint density at radius 2 is 2.04 bits per heavy atom. The topological polar surface area (TPSA) is 71.0 Å². The minimum Gasteiger partial charge on any atom is -0.339 e. The molecule has 1 aliphatic rings. The monoisotopic (exact) mass is 351 g/mol. The van der Waals surface area contributed by atoms with E-state index < -0.39 is 0 Å². The van der Waals surface area contributed by atoms with E-state index >= 15 is 0 Å². The van der Waals surface area contributed by atoms with Gasteiger partial charge in [0.15, 0.2) is 0 Å². The van der Waals surface area contributed by atoms with Gasteiger partial charge in [-0.25, -0.2) is 9.97 Å². The Kier molecular flexibility index (Phi) is 5.61. The molecule has 1 N–H and O–H groups in total. The number of carbonyl (C=O) groups is 1. The van der Waals surface area contributed by atoms with Gasteiger partial charge in [0, 0.05) is 24.9 Å². The summed E-state index contributed by atoms with van der Waals surface area (Å²) in [6.45, 7) is 9.10. The number of nitrogens with one attached hydrogen (secondary N) is 1. The molecule has 0 spiro atoms. The van der Waals surface area contributed by atoms with Crippen LogP contribution < -0.4 is 5.32 Å². The van der Waals surface area contributed by atoms with Gasteiger partial charge in [0.2, 0.25) is 5.91 Å². The van der Waals surface area contributed by atoms with Crippen LogP contribution in [0.15, 0.2) is 42.9 Å². The highest BCUT2D eigenvalue weighted by molar-refractivity contribution is 5.92. The van der Waals surface area contributed by atoms with Gasteiger partial charge in [-0.3, -0.25) is 9.78 Å². The molecule has 0 bridgehead atoms. The molecule has 6 heteroatoms. The highest BCUT2D eigenvalue weighted by atomic mass is 16.2. The highest BCUT2D eigenvalue weighted by Gasteiger charge is 2.23. The van der Waals surface area contributed by atoms with E-state index in [4.69, 9.17) is 0 Å². The number of hydrogen-bond donors (Lipinski definition) is 1. The van der Waals surface area contributed by atoms with Crippen molar-refractivity contribution < 1.29 is 4.79 Å². The van der Waals surface area contributed by atoms with Crippen LogP contribution in [0.3, 0.4) is 0 Å². The zero-order valence-electron chi connectivity index (χ0n) is 15.4. The van der Waals surface area contributed by atoms with Gasteiger partial charge in [0.25, 0.3) is 0 Å². The molecule has 2 aromatic rings. The minimum atomic E-state index is 0.0727. The lowest BCUT2D eigenvalue weighted by Crippen LogP contribution is -2.39. The third-order valence-electron chi connectivity index (χ3n) is 4.73. The number of amides is 1. The van der Waals surface area contributed by atoms with Crippen LogP contribution in [0.5, 0.6) is 0 Å². The van der Waals surface area contributed by atoms with E-state index in [1.807, 2.05) is 30.2 Å². The average molecular weight is 351 g/mol. The fourth-order valence-electron chi connectivity index (χ4n) is 3.17. The Morgan fingerprint density at radius 3 is 2.65 bits per heavy atom. The second-order valence-electron chi connectivity index (χ2n) is 6.91. The van der Waals surface area contributed by atoms with Crippen molar-refractivity contribution in [3.63, 3.8) is 0 Å². The fourth-order valence-corrected chi connectivity index (χ4v) is 3.17. The molecule has 3 heterocycles. The maximum absolute atomic E-state index is 12.0. The lowest BCUT2D eigenvalue weighted by Gasteiger charge is -2.32. The molecule has 1 saturated heterocycles. The molecular formula is C20H25N5O. The van der Waals surface area contributed by atoms with E-state index in [1.165, 1.54) is 0 Å². The molecule has 0 unspecified atom stereocenters. The third-order valence-corrected chi connectivity index (χ3v) is 4.73. The van der Waals surface area contributed by atoms with Crippen molar-refractivity contribution in [1.82, 2.24) is 19.9 Å². The van der Waals surface area contributed by atoms with Crippen LogP contribution in [-0.2, 0) is 11.2 Å². The summed E-state index contributed by atoms with van der Waals surface area (Å²) in [6.07, 6.45) is 8.21. The number of nitrogens with zero attached hydrogens (tertiary/aromatic N) is 4. The summed E-state index contributed by atoms with van der Waals surface area (Å²) in [7, 11) is 0. The molecule has 1 aliphatic heterocycles. The van der Waals surface area contributed by atoms with Crippen molar-refractivity contribution in [2.24, 2.45) is 5.92 Å². The van der Waals surface area contributed by atoms with Crippen molar-refractivity contribution in [3.05, 3.63) is 54.1 Å². The number of piperidine rings is 1. The van der Waals surface area contributed by atoms with Gasteiger partial charge < -0.3 is 10.2 Å². The molecule has 3 rings (SSSR count). The van der Waals surface area contributed by atoms with Gasteiger partial charge in [-0.15, -0.1) is 0 Å². The van der Waals surface area contributed by atoms with Crippen molar-refractivity contribution in [2.75, 3.05) is 18.4 Å². The fraction of sp³-hybridized carbons (Fsp3) is 0.400. The van der Waals surface area contributed by atoms with Crippen LogP contribution in [0.2, 0.25) is 0 Å². The first-order valence-corrected chi connectivity index (χ1v) is 8.97. The zero-order valence-corrected chi connectivity index (χ0v) is 15.4. The summed E-state index contributed by atoms with van der Waals surface area (Å²) >= 11 is 0. The van der Waals surface area contributed by atoms with Gasteiger partial charge in [0.1, 0.15) is 11.6 Å². The van der Waals surface area contributed by atoms with Crippen LogP contribution in [0, 0.1) is 12.8 Å². The predicted octanol–water partition coefficient (Wildman–Crippen LogP) is 3.28. The highest BCUT2D eigenvalue weighted by Crippen LogP contribution is 2.22. The summed E-state index contributed by atoms with van der Waals surface area (Å²) < 4.78 is 0. The number of aryl methyl sites for hydroxylation is 1. The average Bonchev–Trinajstić information content (AvgIpc) is 2.65. The quantitative estimate of drug-likeness (QED) is 0.837. The standard InChI is InChI=1S/C20H25N5O/c1-14(2)20(26)25-9-6-16(7-10-25)11-17-12-23-18(13-22-17)24-19-15(3)5-4-8-21-19/h4-5,8,12-13,16H,1,6-7,9-11H2,2-3H3,(H,21,23,24). The second kappa shape index (κ2) is 8.08. The van der Waals surface area contributed by atoms with Crippen LogP contribution in [0.4, 0.5) is 11.6 Å². The SMILES string of the molecule is C=C(C)C(=O)N1CCC(Cc2cnc(Nc3ncccc3C)cn2)CC1. The Hall–Kier alpha value is -2.76. The molecular weight excluding hydrogens is 326 g/mol. The Labute approximate surface area is 154 Å². The number of aromatic nitrogens is 3. The smallest absolute Gasteiger partial charge is 0.248 e. The molecule has 1 amide bonds. The van der Waals surface area contributed by atoms with Gasteiger partial charge >= 0.3 is 0 Å². The molecule has 0 radical (unpaired) electrons. The molecule has 1 fully saturated rings. The number of likely N-dealkylation sites (tertiary alicyclic amines) is 1. The molecule has 2 aromatic heterocycles. The lowest BCUT2D eigenvalue weighted by molar-refractivity contribution is -0.128. The summed E-state index contributed by atoms with van der Waals surface area (Å²) in [5.41, 5.74) is 2.66. The number of hydrogen-bond acceptors (Lipinski definition) is 5. The Morgan fingerprint density at radius 1 is 1.27 bits per heavy atom. The molecule has 0 saturated carbocycles. The van der Waals surface area contributed by atoms with Crippen LogP contribution in [0.25, 0.3) is 0 Å². The van der Waals surface area contributed by atoms with E-state index in [0.717, 1.165) is 49.4 Å². The number of pyridine rings is 1. The van der Waals surface area contributed by atoms with Crippen LogP contribution >= 0.6 is 0 Å². The van der Waals surface area contributed by atoms with Crippen molar-refractivity contribution in [1.29, 1.82) is 0 Å². The van der Waals surface area contributed by atoms with Crippen molar-refractivity contribution in [2.45, 2.75) is 33.1 Å². The molecule has 136 valence electrons. The van der Waals surface area contributed by atoms with Gasteiger partial charge in [-0.05, 0) is 50.7 Å². The first kappa shape index (κ1) is 18.0. The molecule has 26 heavy (non-hydrogen) atoms. The van der Waals surface area contributed by atoms with Crippen molar-refractivity contribution in [3.8, 4) is 0 Å². The normalized spacial score (nSPS) is 14.9. The summed E-state index contributed by atoms with van der Waals surface area (Å²) in [6, 6.07) is 3.91. The van der Waals surface area contributed by atoms with Gasteiger partial charge in [-0.2, -0.15) is 0 Å². The van der Waals surface area contributed by atoms with E-state index in [-0.39, 0.29) is 5.91 Å². The number of carbonyl (C=O) groups excluding carboxylic acids is 1. The molecule has 0 atom stereocenters. The summed E-state index contributed by atoms with van der Waals surface area (Å²) in [5, 5.41) is 3.19. The Balaban J connectivity index is 1.53. The van der Waals surface area contributed by atoms with E-state index in [1.54, 1.807) is 19.3 Å². The van der Waals surface area contributed by atoms with Crippen molar-refractivity contribution >= 4 is 17.5 Å². The largest absolute Gasteiger partial charge is 0.339 e. The Bertz CT molecular complexity index is 779. The molecule has 0 aromatic carbocycles. The first-order valence-electron chi connectivity index (χ1n) is 8.97. The van der Waals surface area contributed by atoms with Gasteiger partial charge in [0.05, 0.1) is 18.1 Å². The third kappa shape index (κ3) is 4.45. The van der Waals surface area contributed by atoms with Crippen LogP contribution in [0.1, 0.15) is 31.0 Å². The van der Waals surface area contributed by atoms with E-state index in [9.17, 15) is 4.79 Å². The minimum absolute atomic E-state index is 0.0727. The summed E-state index contributed by atoms with van der Waals surface area (Å²) in [5.74, 6) is 2.10. The molecule has 6 nitrogen and oxygen atoms in total. The van der Waals surface area contributed by atoms with Crippen LogP contribution in [-0.4, -0.2) is 38.8 Å². The van der Waals surface area contributed by atoms with E-state index in [2.05, 4.69) is 26.8 Å².